The number of methoxy groups -OCH3 is 1. The minimum atomic E-state index is -0.862. The summed E-state index contributed by atoms with van der Waals surface area (Å²) in [5.41, 5.74) is 1.24. The highest BCUT2D eigenvalue weighted by Crippen LogP contribution is 2.12. The summed E-state index contributed by atoms with van der Waals surface area (Å²) in [5.74, 6) is -0.922. The number of carbonyl (C=O) groups is 3. The van der Waals surface area contributed by atoms with Gasteiger partial charge in [0.25, 0.3) is 11.8 Å². The second kappa shape index (κ2) is 11.1. The molecule has 1 rings (SSSR count). The number of nitrogens with zero attached hydrogens (tertiary/aromatic N) is 1. The molecule has 0 fully saturated rings. The summed E-state index contributed by atoms with van der Waals surface area (Å²) in [6.07, 6.45) is 0. The van der Waals surface area contributed by atoms with Gasteiger partial charge in [-0.2, -0.15) is 0 Å². The lowest BCUT2D eigenvalue weighted by Crippen LogP contribution is -2.46. The van der Waals surface area contributed by atoms with Crippen LogP contribution >= 0.6 is 0 Å². The summed E-state index contributed by atoms with van der Waals surface area (Å²) in [5, 5.41) is 2.68. The van der Waals surface area contributed by atoms with Gasteiger partial charge in [-0.05, 0) is 44.0 Å². The van der Waals surface area contributed by atoms with Crippen LogP contribution in [-0.2, 0) is 14.3 Å². The number of ether oxygens (including phenoxy) is 2. The molecule has 0 aromatic heterocycles. The molecule has 1 atom stereocenters. The molecular formula is C21H30N2O5. The summed E-state index contributed by atoms with van der Waals surface area (Å²) in [6.45, 7) is 11.6. The number of benzene rings is 1. The van der Waals surface area contributed by atoms with E-state index in [1.165, 1.54) is 7.11 Å². The molecule has 0 aliphatic carbocycles. The molecule has 1 aromatic rings. The zero-order chi connectivity index (χ0) is 21.3. The molecule has 1 N–H and O–H groups in total. The van der Waals surface area contributed by atoms with Gasteiger partial charge >= 0.3 is 5.97 Å². The van der Waals surface area contributed by atoms with E-state index in [0.717, 1.165) is 5.57 Å². The largest absolute Gasteiger partial charge is 0.497 e. The van der Waals surface area contributed by atoms with Crippen molar-refractivity contribution >= 4 is 17.8 Å². The molecule has 0 aliphatic rings. The van der Waals surface area contributed by atoms with Crippen LogP contribution in [-0.4, -0.2) is 55.5 Å². The molecule has 154 valence electrons. The summed E-state index contributed by atoms with van der Waals surface area (Å²) >= 11 is 0. The van der Waals surface area contributed by atoms with E-state index in [0.29, 0.717) is 24.4 Å². The quantitative estimate of drug-likeness (QED) is 0.490. The minimum absolute atomic E-state index is 0.206. The highest BCUT2D eigenvalue weighted by Gasteiger charge is 2.27. The molecule has 0 aliphatic heterocycles. The van der Waals surface area contributed by atoms with Gasteiger partial charge in [-0.15, -0.1) is 0 Å². The molecule has 0 radical (unpaired) electrons. The van der Waals surface area contributed by atoms with E-state index in [1.807, 2.05) is 13.8 Å². The Bertz CT molecular complexity index is 697. The normalized spacial score (nSPS) is 11.5. The molecule has 0 saturated carbocycles. The number of esters is 1. The average molecular weight is 390 g/mol. The second-order valence-electron chi connectivity index (χ2n) is 6.90. The van der Waals surface area contributed by atoms with Crippen LogP contribution < -0.4 is 10.1 Å². The van der Waals surface area contributed by atoms with E-state index < -0.39 is 17.9 Å². The van der Waals surface area contributed by atoms with Crippen LogP contribution in [0, 0.1) is 5.92 Å². The number of amides is 2. The topological polar surface area (TPSA) is 84.9 Å². The number of hydrogen-bond donors (Lipinski definition) is 1. The average Bonchev–Trinajstić information content (AvgIpc) is 2.67. The van der Waals surface area contributed by atoms with Gasteiger partial charge < -0.3 is 19.7 Å². The lowest BCUT2D eigenvalue weighted by molar-refractivity contribution is -0.154. The molecule has 0 spiro atoms. The van der Waals surface area contributed by atoms with E-state index in [4.69, 9.17) is 9.47 Å². The molecule has 1 aromatic carbocycles. The van der Waals surface area contributed by atoms with Crippen LogP contribution in [0.25, 0.3) is 0 Å². The fourth-order valence-corrected chi connectivity index (χ4v) is 2.48. The van der Waals surface area contributed by atoms with E-state index >= 15 is 0 Å². The van der Waals surface area contributed by atoms with Crippen molar-refractivity contribution in [3.05, 3.63) is 42.0 Å². The zero-order valence-electron chi connectivity index (χ0n) is 17.3. The standard InChI is InChI=1S/C21H30N2O5/c1-7-23(12-14(2)3)18(24)13-28-21(26)19(15(4)5)22-20(25)16-8-10-17(27-6)11-9-16/h8-11,15,19H,2,7,12-13H2,1,3-6H3,(H,22,25). The molecule has 1 unspecified atom stereocenters. The molecule has 28 heavy (non-hydrogen) atoms. The monoisotopic (exact) mass is 390 g/mol. The zero-order valence-corrected chi connectivity index (χ0v) is 17.3. The third kappa shape index (κ3) is 7.06. The number of likely N-dealkylation sites (N-methyl/N-ethyl adjacent to an activating group) is 1. The van der Waals surface area contributed by atoms with Crippen LogP contribution in [0.4, 0.5) is 0 Å². The molecule has 7 nitrogen and oxygen atoms in total. The Morgan fingerprint density at radius 1 is 1.18 bits per heavy atom. The van der Waals surface area contributed by atoms with Gasteiger partial charge in [-0.1, -0.05) is 26.0 Å². The van der Waals surface area contributed by atoms with Gasteiger partial charge in [0.05, 0.1) is 7.11 Å². The Balaban J connectivity index is 2.71. The lowest BCUT2D eigenvalue weighted by atomic mass is 10.0. The van der Waals surface area contributed by atoms with E-state index in [1.54, 1.807) is 43.0 Å². The van der Waals surface area contributed by atoms with E-state index in [-0.39, 0.29) is 18.4 Å². The van der Waals surface area contributed by atoms with Gasteiger partial charge in [0.1, 0.15) is 11.8 Å². The van der Waals surface area contributed by atoms with Crippen molar-refractivity contribution in [3.63, 3.8) is 0 Å². The molecule has 7 heteroatoms. The maximum Gasteiger partial charge on any atom is 0.329 e. The summed E-state index contributed by atoms with van der Waals surface area (Å²) in [4.78, 5) is 38.6. The summed E-state index contributed by atoms with van der Waals surface area (Å²) < 4.78 is 10.2. The van der Waals surface area contributed by atoms with Crippen LogP contribution in [0.5, 0.6) is 5.75 Å². The Hall–Kier alpha value is -2.83. The van der Waals surface area contributed by atoms with Crippen molar-refractivity contribution in [1.82, 2.24) is 10.2 Å². The van der Waals surface area contributed by atoms with Crippen LogP contribution in [0.3, 0.4) is 0 Å². The first-order valence-electron chi connectivity index (χ1n) is 9.23. The summed E-state index contributed by atoms with van der Waals surface area (Å²) in [7, 11) is 1.54. The lowest BCUT2D eigenvalue weighted by Gasteiger charge is -2.23. The molecule has 0 saturated heterocycles. The predicted molar refractivity (Wildman–Crippen MR) is 107 cm³/mol. The van der Waals surface area contributed by atoms with Crippen molar-refractivity contribution in [2.45, 2.75) is 33.7 Å². The van der Waals surface area contributed by atoms with Gasteiger partial charge in [0.2, 0.25) is 0 Å². The van der Waals surface area contributed by atoms with Gasteiger partial charge in [0, 0.05) is 18.7 Å². The fourth-order valence-electron chi connectivity index (χ4n) is 2.48. The summed E-state index contributed by atoms with van der Waals surface area (Å²) in [6, 6.07) is 5.68. The Morgan fingerprint density at radius 3 is 2.25 bits per heavy atom. The Labute approximate surface area is 166 Å². The molecule has 0 bridgehead atoms. The number of rotatable bonds is 10. The second-order valence-corrected chi connectivity index (χ2v) is 6.90. The third-order valence-corrected chi connectivity index (χ3v) is 4.09. The van der Waals surface area contributed by atoms with Crippen molar-refractivity contribution in [1.29, 1.82) is 0 Å². The first-order valence-corrected chi connectivity index (χ1v) is 9.23. The van der Waals surface area contributed by atoms with Crippen molar-refractivity contribution in [2.75, 3.05) is 26.8 Å². The maximum atomic E-state index is 12.4. The van der Waals surface area contributed by atoms with Gasteiger partial charge in [0.15, 0.2) is 6.61 Å². The molecule has 2 amide bonds. The molecule has 0 heterocycles. The van der Waals surface area contributed by atoms with E-state index in [9.17, 15) is 14.4 Å². The van der Waals surface area contributed by atoms with Crippen LogP contribution in [0.1, 0.15) is 38.1 Å². The Kier molecular flexibility index (Phi) is 9.21. The Morgan fingerprint density at radius 2 is 1.79 bits per heavy atom. The van der Waals surface area contributed by atoms with Crippen molar-refractivity contribution in [3.8, 4) is 5.75 Å². The van der Waals surface area contributed by atoms with Gasteiger partial charge in [-0.3, -0.25) is 9.59 Å². The van der Waals surface area contributed by atoms with Crippen LogP contribution in [0.2, 0.25) is 0 Å². The SMILES string of the molecule is C=C(C)CN(CC)C(=O)COC(=O)C(NC(=O)c1ccc(OC)cc1)C(C)C. The van der Waals surface area contributed by atoms with Crippen molar-refractivity contribution < 1.29 is 23.9 Å². The van der Waals surface area contributed by atoms with Gasteiger partial charge in [-0.25, -0.2) is 4.79 Å². The van der Waals surface area contributed by atoms with E-state index in [2.05, 4.69) is 11.9 Å². The highest BCUT2D eigenvalue weighted by molar-refractivity contribution is 5.97. The van der Waals surface area contributed by atoms with Crippen molar-refractivity contribution in [2.24, 2.45) is 5.92 Å². The number of carbonyl (C=O) groups excluding carboxylic acids is 3. The smallest absolute Gasteiger partial charge is 0.329 e. The predicted octanol–water partition coefficient (Wildman–Crippen LogP) is 2.42. The number of hydrogen-bond acceptors (Lipinski definition) is 5. The highest BCUT2D eigenvalue weighted by atomic mass is 16.5. The number of nitrogens with one attached hydrogen (secondary N) is 1. The minimum Gasteiger partial charge on any atom is -0.497 e. The maximum absolute atomic E-state index is 12.4. The molecular weight excluding hydrogens is 360 g/mol. The van der Waals surface area contributed by atoms with Crippen LogP contribution in [0.15, 0.2) is 36.4 Å². The first kappa shape index (κ1) is 23.2. The first-order chi connectivity index (χ1) is 13.2. The fraction of sp³-hybridized carbons (Fsp3) is 0.476. The third-order valence-electron chi connectivity index (χ3n) is 4.09.